The predicted molar refractivity (Wildman–Crippen MR) is 71.4 cm³/mol. The Labute approximate surface area is 118 Å². The maximum atomic E-state index is 11.7. The van der Waals surface area contributed by atoms with E-state index in [9.17, 15) is 18.0 Å². The highest BCUT2D eigenvalue weighted by Crippen LogP contribution is 1.96. The van der Waals surface area contributed by atoms with Gasteiger partial charge in [0.25, 0.3) is 0 Å². The first kappa shape index (κ1) is 18.2. The van der Waals surface area contributed by atoms with Crippen molar-refractivity contribution < 1.29 is 22.7 Å². The van der Waals surface area contributed by atoms with Crippen molar-refractivity contribution in [3.05, 3.63) is 0 Å². The molecule has 0 aliphatic heterocycles. The first-order valence-electron chi connectivity index (χ1n) is 5.91. The SMILES string of the molecule is CC(C)COC(=O)NC(CS(C)(=O)=O)C(=O)NCC#N. The number of nitrogens with zero attached hydrogens (tertiary/aromatic N) is 1. The number of rotatable bonds is 7. The van der Waals surface area contributed by atoms with Crippen molar-refractivity contribution >= 4 is 21.8 Å². The Morgan fingerprint density at radius 1 is 1.35 bits per heavy atom. The molecule has 0 aliphatic rings. The summed E-state index contributed by atoms with van der Waals surface area (Å²) in [7, 11) is -3.48. The molecule has 1 atom stereocenters. The summed E-state index contributed by atoms with van der Waals surface area (Å²) < 4.78 is 27.3. The van der Waals surface area contributed by atoms with Crippen LogP contribution in [0.3, 0.4) is 0 Å². The third kappa shape index (κ3) is 9.16. The summed E-state index contributed by atoms with van der Waals surface area (Å²) in [5, 5.41) is 12.7. The molecule has 0 aromatic rings. The highest BCUT2D eigenvalue weighted by molar-refractivity contribution is 7.90. The second-order valence-electron chi connectivity index (χ2n) is 4.66. The van der Waals surface area contributed by atoms with Crippen LogP contribution in [0.1, 0.15) is 13.8 Å². The minimum atomic E-state index is -3.48. The zero-order valence-electron chi connectivity index (χ0n) is 11.7. The maximum absolute atomic E-state index is 11.7. The molecule has 0 heterocycles. The molecule has 2 N–H and O–H groups in total. The molecule has 8 nitrogen and oxygen atoms in total. The van der Waals surface area contributed by atoms with Crippen molar-refractivity contribution in [2.24, 2.45) is 5.92 Å². The molecule has 114 valence electrons. The number of sulfone groups is 1. The molecule has 20 heavy (non-hydrogen) atoms. The molecule has 2 amide bonds. The van der Waals surface area contributed by atoms with Gasteiger partial charge in [0.1, 0.15) is 22.4 Å². The van der Waals surface area contributed by atoms with Crippen LogP contribution in [0.2, 0.25) is 0 Å². The van der Waals surface area contributed by atoms with Crippen LogP contribution in [0.4, 0.5) is 4.79 Å². The largest absolute Gasteiger partial charge is 0.449 e. The van der Waals surface area contributed by atoms with Crippen LogP contribution < -0.4 is 10.6 Å². The molecule has 0 aromatic heterocycles. The van der Waals surface area contributed by atoms with Gasteiger partial charge in [-0.25, -0.2) is 13.2 Å². The van der Waals surface area contributed by atoms with Crippen LogP contribution in [0.25, 0.3) is 0 Å². The second kappa shape index (κ2) is 8.37. The molecule has 0 radical (unpaired) electrons. The zero-order chi connectivity index (χ0) is 15.8. The quantitative estimate of drug-likeness (QED) is 0.606. The number of carbonyl (C=O) groups excluding carboxylic acids is 2. The van der Waals surface area contributed by atoms with Crippen molar-refractivity contribution in [2.75, 3.05) is 25.2 Å². The van der Waals surface area contributed by atoms with Gasteiger partial charge in [0, 0.05) is 6.26 Å². The van der Waals surface area contributed by atoms with Gasteiger partial charge in [0.05, 0.1) is 18.4 Å². The van der Waals surface area contributed by atoms with Crippen LogP contribution >= 0.6 is 0 Å². The smallest absolute Gasteiger partial charge is 0.407 e. The first-order valence-corrected chi connectivity index (χ1v) is 7.97. The van der Waals surface area contributed by atoms with E-state index in [-0.39, 0.29) is 19.1 Å². The lowest BCUT2D eigenvalue weighted by atomic mass is 10.2. The summed E-state index contributed by atoms with van der Waals surface area (Å²) in [6.45, 7) is 3.54. The number of ether oxygens (including phenoxy) is 1. The lowest BCUT2D eigenvalue weighted by Gasteiger charge is -2.17. The summed E-state index contributed by atoms with van der Waals surface area (Å²) in [6, 6.07) is 0.391. The fourth-order valence-corrected chi connectivity index (χ4v) is 2.00. The minimum absolute atomic E-state index is 0.113. The zero-order valence-corrected chi connectivity index (χ0v) is 12.5. The third-order valence-corrected chi connectivity index (χ3v) is 2.91. The average Bonchev–Trinajstić information content (AvgIpc) is 2.30. The van der Waals surface area contributed by atoms with Gasteiger partial charge in [-0.15, -0.1) is 0 Å². The van der Waals surface area contributed by atoms with Crippen molar-refractivity contribution in [1.29, 1.82) is 5.26 Å². The molecule has 0 aliphatic carbocycles. The molecule has 0 saturated heterocycles. The number of nitriles is 1. The van der Waals surface area contributed by atoms with E-state index in [1.165, 1.54) is 0 Å². The summed E-state index contributed by atoms with van der Waals surface area (Å²) in [5.41, 5.74) is 0. The van der Waals surface area contributed by atoms with E-state index in [0.29, 0.717) is 0 Å². The van der Waals surface area contributed by atoms with E-state index in [4.69, 9.17) is 10.00 Å². The van der Waals surface area contributed by atoms with Crippen molar-refractivity contribution in [2.45, 2.75) is 19.9 Å². The molecule has 0 fully saturated rings. The standard InChI is InChI=1S/C11H19N3O5S/c1-8(2)6-19-11(16)14-9(7-20(3,17)18)10(15)13-5-4-12/h8-9H,5-7H2,1-3H3,(H,13,15)(H,14,16). The highest BCUT2D eigenvalue weighted by atomic mass is 32.2. The van der Waals surface area contributed by atoms with Gasteiger partial charge in [0.15, 0.2) is 0 Å². The molecule has 0 spiro atoms. The van der Waals surface area contributed by atoms with Crippen molar-refractivity contribution in [1.82, 2.24) is 10.6 Å². The molecule has 1 unspecified atom stereocenters. The Morgan fingerprint density at radius 2 is 1.95 bits per heavy atom. The Kier molecular flexibility index (Phi) is 7.61. The number of carbonyl (C=O) groups is 2. The normalized spacial score (nSPS) is 12.3. The van der Waals surface area contributed by atoms with Crippen LogP contribution in [-0.2, 0) is 19.4 Å². The fraction of sp³-hybridized carbons (Fsp3) is 0.727. The van der Waals surface area contributed by atoms with E-state index in [1.807, 2.05) is 13.8 Å². The Bertz CT molecular complexity index is 481. The topological polar surface area (TPSA) is 125 Å². The predicted octanol–water partition coefficient (Wildman–Crippen LogP) is -0.578. The Morgan fingerprint density at radius 3 is 2.40 bits per heavy atom. The van der Waals surface area contributed by atoms with Gasteiger partial charge in [-0.3, -0.25) is 4.79 Å². The first-order chi connectivity index (χ1) is 9.15. The van der Waals surface area contributed by atoms with Crippen LogP contribution in [-0.4, -0.2) is 51.6 Å². The van der Waals surface area contributed by atoms with E-state index in [1.54, 1.807) is 6.07 Å². The van der Waals surface area contributed by atoms with E-state index in [2.05, 4.69) is 10.6 Å². The average molecular weight is 305 g/mol. The van der Waals surface area contributed by atoms with Gasteiger partial charge in [-0.1, -0.05) is 13.8 Å². The molecule has 0 bridgehead atoms. The Balaban J connectivity index is 4.65. The highest BCUT2D eigenvalue weighted by Gasteiger charge is 2.25. The molecular formula is C11H19N3O5S. The van der Waals surface area contributed by atoms with Gasteiger partial charge < -0.3 is 15.4 Å². The molecule has 0 saturated carbocycles. The Hall–Kier alpha value is -1.82. The number of hydrogen-bond acceptors (Lipinski definition) is 6. The van der Waals surface area contributed by atoms with Gasteiger partial charge in [0.2, 0.25) is 5.91 Å². The monoisotopic (exact) mass is 305 g/mol. The number of amides is 2. The summed E-state index contributed by atoms with van der Waals surface area (Å²) in [5.74, 6) is -1.21. The van der Waals surface area contributed by atoms with Crippen LogP contribution in [0, 0.1) is 17.2 Å². The molecule has 0 aromatic carbocycles. The van der Waals surface area contributed by atoms with Crippen molar-refractivity contribution in [3.63, 3.8) is 0 Å². The summed E-state index contributed by atoms with van der Waals surface area (Å²) in [6.07, 6.45) is 0.0677. The summed E-state index contributed by atoms with van der Waals surface area (Å²) >= 11 is 0. The summed E-state index contributed by atoms with van der Waals surface area (Å²) in [4.78, 5) is 23.1. The second-order valence-corrected chi connectivity index (χ2v) is 6.84. The fourth-order valence-electron chi connectivity index (χ4n) is 1.16. The van der Waals surface area contributed by atoms with E-state index >= 15 is 0 Å². The third-order valence-electron chi connectivity index (χ3n) is 1.97. The maximum Gasteiger partial charge on any atom is 0.407 e. The van der Waals surface area contributed by atoms with Gasteiger partial charge in [-0.05, 0) is 5.92 Å². The van der Waals surface area contributed by atoms with Crippen LogP contribution in [0.15, 0.2) is 0 Å². The van der Waals surface area contributed by atoms with Gasteiger partial charge >= 0.3 is 6.09 Å². The van der Waals surface area contributed by atoms with E-state index < -0.39 is 33.6 Å². The molecule has 9 heteroatoms. The molecule has 0 rings (SSSR count). The van der Waals surface area contributed by atoms with Crippen LogP contribution in [0.5, 0.6) is 0 Å². The lowest BCUT2D eigenvalue weighted by Crippen LogP contribution is -2.50. The van der Waals surface area contributed by atoms with Crippen molar-refractivity contribution in [3.8, 4) is 6.07 Å². The minimum Gasteiger partial charge on any atom is -0.449 e. The van der Waals surface area contributed by atoms with Gasteiger partial charge in [-0.2, -0.15) is 5.26 Å². The number of hydrogen-bond donors (Lipinski definition) is 2. The number of nitrogens with one attached hydrogen (secondary N) is 2. The number of alkyl carbamates (subject to hydrolysis) is 1. The molecular weight excluding hydrogens is 286 g/mol. The lowest BCUT2D eigenvalue weighted by molar-refractivity contribution is -0.122. The van der Waals surface area contributed by atoms with E-state index in [0.717, 1.165) is 6.26 Å².